The molecule has 0 radical (unpaired) electrons. The van der Waals surface area contributed by atoms with Gasteiger partial charge in [0.2, 0.25) is 0 Å². The van der Waals surface area contributed by atoms with E-state index in [0.29, 0.717) is 0 Å². The molecule has 3 heteroatoms. The van der Waals surface area contributed by atoms with E-state index in [1.54, 1.807) is 0 Å². The third-order valence-electron chi connectivity index (χ3n) is 4.31. The highest BCUT2D eigenvalue weighted by Gasteiger charge is 2.19. The van der Waals surface area contributed by atoms with Crippen molar-refractivity contribution in [3.8, 4) is 0 Å². The van der Waals surface area contributed by atoms with Gasteiger partial charge in [-0.2, -0.15) is 4.91 Å². The second kappa shape index (κ2) is 10.5. The van der Waals surface area contributed by atoms with Gasteiger partial charge in [-0.1, -0.05) is 68.5 Å². The number of nitroso groups, excluding NO2 is 1. The maximum absolute atomic E-state index is 10.4. The number of benzene rings is 1. The SMILES string of the molecule is CCCCCCCCc1ccccc1CCC(C)(N)CN=O. The van der Waals surface area contributed by atoms with Crippen LogP contribution in [0.15, 0.2) is 29.4 Å². The maximum Gasteiger partial charge on any atom is 0.0988 e. The minimum absolute atomic E-state index is 0.187. The molecular weight excluding hydrogens is 272 g/mol. The number of nitrogens with zero attached hydrogens (tertiary/aromatic N) is 1. The van der Waals surface area contributed by atoms with Gasteiger partial charge in [0.25, 0.3) is 0 Å². The van der Waals surface area contributed by atoms with Gasteiger partial charge in [-0.15, -0.1) is 0 Å². The van der Waals surface area contributed by atoms with Crippen molar-refractivity contribution in [1.82, 2.24) is 0 Å². The molecule has 0 aromatic heterocycles. The van der Waals surface area contributed by atoms with Crippen molar-refractivity contribution in [2.75, 3.05) is 6.54 Å². The highest BCUT2D eigenvalue weighted by Crippen LogP contribution is 2.18. The minimum atomic E-state index is -0.491. The van der Waals surface area contributed by atoms with E-state index >= 15 is 0 Å². The summed E-state index contributed by atoms with van der Waals surface area (Å²) in [5.74, 6) is 0. The number of hydrogen-bond donors (Lipinski definition) is 1. The molecule has 0 aliphatic carbocycles. The van der Waals surface area contributed by atoms with Crippen LogP contribution < -0.4 is 5.73 Å². The van der Waals surface area contributed by atoms with Gasteiger partial charge in [0.1, 0.15) is 0 Å². The smallest absolute Gasteiger partial charge is 0.0988 e. The summed E-state index contributed by atoms with van der Waals surface area (Å²) in [5.41, 5.74) is 8.42. The Labute approximate surface area is 135 Å². The van der Waals surface area contributed by atoms with Crippen LogP contribution in [0, 0.1) is 4.91 Å². The molecule has 1 aromatic rings. The molecule has 1 rings (SSSR count). The Morgan fingerprint density at radius 3 is 2.23 bits per heavy atom. The van der Waals surface area contributed by atoms with Crippen LogP contribution in [-0.2, 0) is 12.8 Å². The van der Waals surface area contributed by atoms with Crippen LogP contribution in [-0.4, -0.2) is 12.1 Å². The van der Waals surface area contributed by atoms with Gasteiger partial charge in [0.15, 0.2) is 0 Å². The van der Waals surface area contributed by atoms with E-state index in [1.807, 2.05) is 6.92 Å². The number of unbranched alkanes of at least 4 members (excludes halogenated alkanes) is 5. The molecule has 3 nitrogen and oxygen atoms in total. The highest BCUT2D eigenvalue weighted by molar-refractivity contribution is 5.27. The maximum atomic E-state index is 10.4. The second-order valence-corrected chi connectivity index (χ2v) is 6.73. The van der Waals surface area contributed by atoms with E-state index in [1.165, 1.54) is 49.7 Å². The Hall–Kier alpha value is -1.22. The molecule has 2 N–H and O–H groups in total. The number of rotatable bonds is 12. The average molecular weight is 304 g/mol. The Kier molecular flexibility index (Phi) is 8.98. The zero-order valence-corrected chi connectivity index (χ0v) is 14.3. The Bertz CT molecular complexity index is 429. The van der Waals surface area contributed by atoms with Crippen molar-refractivity contribution in [1.29, 1.82) is 0 Å². The zero-order valence-electron chi connectivity index (χ0n) is 14.3. The summed E-state index contributed by atoms with van der Waals surface area (Å²) in [7, 11) is 0. The van der Waals surface area contributed by atoms with Gasteiger partial charge >= 0.3 is 0 Å². The molecule has 0 amide bonds. The van der Waals surface area contributed by atoms with Crippen LogP contribution in [0.1, 0.15) is 69.9 Å². The standard InChI is InChI=1S/C19H32N2O/c1-3-4-5-6-7-8-11-17-12-9-10-13-18(17)14-15-19(2,20)16-21-22/h9-10,12-13H,3-8,11,14-16,20H2,1-2H3. The molecule has 0 spiro atoms. The van der Waals surface area contributed by atoms with Crippen molar-refractivity contribution in [3.05, 3.63) is 40.3 Å². The quantitative estimate of drug-likeness (QED) is 0.436. The Morgan fingerprint density at radius 2 is 1.59 bits per heavy atom. The van der Waals surface area contributed by atoms with Crippen molar-refractivity contribution in [3.63, 3.8) is 0 Å². The van der Waals surface area contributed by atoms with E-state index in [4.69, 9.17) is 5.73 Å². The van der Waals surface area contributed by atoms with Gasteiger partial charge in [-0.05, 0) is 43.7 Å². The summed E-state index contributed by atoms with van der Waals surface area (Å²) in [6.07, 6.45) is 10.8. The molecule has 22 heavy (non-hydrogen) atoms. The number of aryl methyl sites for hydroxylation is 2. The van der Waals surface area contributed by atoms with E-state index < -0.39 is 5.54 Å². The third kappa shape index (κ3) is 7.69. The van der Waals surface area contributed by atoms with E-state index in [-0.39, 0.29) is 6.54 Å². The Balaban J connectivity index is 2.43. The van der Waals surface area contributed by atoms with Crippen LogP contribution in [0.4, 0.5) is 0 Å². The van der Waals surface area contributed by atoms with Crippen molar-refractivity contribution < 1.29 is 0 Å². The lowest BCUT2D eigenvalue weighted by Crippen LogP contribution is -2.39. The van der Waals surface area contributed by atoms with Gasteiger partial charge in [0, 0.05) is 5.54 Å². The predicted molar refractivity (Wildman–Crippen MR) is 95.1 cm³/mol. The summed E-state index contributed by atoms with van der Waals surface area (Å²) in [6.45, 7) is 4.35. The summed E-state index contributed by atoms with van der Waals surface area (Å²) in [6, 6.07) is 8.63. The first-order chi connectivity index (χ1) is 10.6. The Morgan fingerprint density at radius 1 is 1.00 bits per heavy atom. The molecule has 0 saturated carbocycles. The number of nitrogens with two attached hydrogens (primary N) is 1. The molecule has 124 valence electrons. The molecule has 0 bridgehead atoms. The second-order valence-electron chi connectivity index (χ2n) is 6.73. The van der Waals surface area contributed by atoms with Gasteiger partial charge in [-0.25, -0.2) is 0 Å². The molecule has 0 aliphatic heterocycles. The normalized spacial score (nSPS) is 13.8. The highest BCUT2D eigenvalue weighted by atomic mass is 16.3. The van der Waals surface area contributed by atoms with Crippen LogP contribution in [0.25, 0.3) is 0 Å². The molecule has 0 heterocycles. The van der Waals surface area contributed by atoms with Crippen molar-refractivity contribution >= 4 is 0 Å². The van der Waals surface area contributed by atoms with Crippen LogP contribution in [0.2, 0.25) is 0 Å². The summed E-state index contributed by atoms with van der Waals surface area (Å²) >= 11 is 0. The molecular formula is C19H32N2O. The van der Waals surface area contributed by atoms with Crippen molar-refractivity contribution in [2.24, 2.45) is 10.9 Å². The van der Waals surface area contributed by atoms with Crippen LogP contribution >= 0.6 is 0 Å². The molecule has 1 unspecified atom stereocenters. The lowest BCUT2D eigenvalue weighted by atomic mass is 9.91. The fourth-order valence-corrected chi connectivity index (χ4v) is 2.79. The molecule has 1 atom stereocenters. The van der Waals surface area contributed by atoms with E-state index in [9.17, 15) is 4.91 Å². The largest absolute Gasteiger partial charge is 0.324 e. The monoisotopic (exact) mass is 304 g/mol. The average Bonchev–Trinajstić information content (AvgIpc) is 2.50. The van der Waals surface area contributed by atoms with Gasteiger partial charge < -0.3 is 5.73 Å². The molecule has 1 aromatic carbocycles. The lowest BCUT2D eigenvalue weighted by Gasteiger charge is -2.21. The third-order valence-corrected chi connectivity index (χ3v) is 4.31. The zero-order chi connectivity index (χ0) is 16.3. The first-order valence-corrected chi connectivity index (χ1v) is 8.74. The minimum Gasteiger partial charge on any atom is -0.324 e. The predicted octanol–water partition coefficient (Wildman–Crippen LogP) is 5.01. The summed E-state index contributed by atoms with van der Waals surface area (Å²) in [5, 5.41) is 2.95. The van der Waals surface area contributed by atoms with Crippen molar-refractivity contribution in [2.45, 2.75) is 77.2 Å². The lowest BCUT2D eigenvalue weighted by molar-refractivity contribution is 0.443. The summed E-state index contributed by atoms with van der Waals surface area (Å²) < 4.78 is 0. The molecule has 0 saturated heterocycles. The fourth-order valence-electron chi connectivity index (χ4n) is 2.79. The number of hydrogen-bond acceptors (Lipinski definition) is 3. The molecule has 0 fully saturated rings. The van der Waals surface area contributed by atoms with E-state index in [0.717, 1.165) is 19.3 Å². The first-order valence-electron chi connectivity index (χ1n) is 8.74. The van der Waals surface area contributed by atoms with E-state index in [2.05, 4.69) is 36.4 Å². The summed E-state index contributed by atoms with van der Waals surface area (Å²) in [4.78, 5) is 10.4. The first kappa shape index (κ1) is 18.8. The molecule has 0 aliphatic rings. The van der Waals surface area contributed by atoms with Crippen LogP contribution in [0.5, 0.6) is 0 Å². The van der Waals surface area contributed by atoms with Gasteiger partial charge in [-0.3, -0.25) is 0 Å². The van der Waals surface area contributed by atoms with Gasteiger partial charge in [0.05, 0.1) is 6.54 Å². The fraction of sp³-hybridized carbons (Fsp3) is 0.684. The topological polar surface area (TPSA) is 55.4 Å². The van der Waals surface area contributed by atoms with Crippen LogP contribution in [0.3, 0.4) is 0 Å².